The van der Waals surface area contributed by atoms with Crippen LogP contribution in [0.4, 0.5) is 5.69 Å². The maximum Gasteiger partial charge on any atom is 0.261 e. The number of benzene rings is 1. The molecule has 0 aliphatic carbocycles. The van der Waals surface area contributed by atoms with Crippen molar-refractivity contribution in [2.24, 2.45) is 0 Å². The van der Waals surface area contributed by atoms with Gasteiger partial charge in [-0.15, -0.1) is 0 Å². The zero-order valence-electron chi connectivity index (χ0n) is 11.5. The highest BCUT2D eigenvalue weighted by atomic mass is 32.2. The second-order valence-electron chi connectivity index (χ2n) is 5.00. The molecule has 2 aliphatic heterocycles. The monoisotopic (exact) mass is 305 g/mol. The van der Waals surface area contributed by atoms with Crippen molar-refractivity contribution in [2.75, 3.05) is 30.4 Å². The second-order valence-corrected chi connectivity index (χ2v) is 6.15. The largest absolute Gasteiger partial charge is 0.325 e. The highest BCUT2D eigenvalue weighted by Gasteiger charge is 2.33. The van der Waals surface area contributed by atoms with Gasteiger partial charge in [0.25, 0.3) is 11.8 Å². The molecular weight excluding hydrogens is 290 g/mol. The minimum atomic E-state index is -0.336. The molecule has 6 nitrogen and oxygen atoms in total. The number of hydrogen-bond donors (Lipinski definition) is 2. The van der Waals surface area contributed by atoms with Gasteiger partial charge in [0.05, 0.1) is 17.2 Å². The first-order valence-corrected chi connectivity index (χ1v) is 7.82. The molecule has 1 aromatic rings. The first-order chi connectivity index (χ1) is 10.1. The number of carbonyl (C=O) groups excluding carboxylic acids is 3. The Balaban J connectivity index is 1.77. The van der Waals surface area contributed by atoms with Gasteiger partial charge in [-0.2, -0.15) is 11.8 Å². The van der Waals surface area contributed by atoms with Crippen LogP contribution in [-0.4, -0.2) is 53.8 Å². The molecule has 2 N–H and O–H groups in total. The molecule has 0 aromatic heterocycles. The summed E-state index contributed by atoms with van der Waals surface area (Å²) in [4.78, 5) is 36.9. The lowest BCUT2D eigenvalue weighted by Gasteiger charge is -2.22. The van der Waals surface area contributed by atoms with Gasteiger partial charge in [-0.25, -0.2) is 0 Å². The van der Waals surface area contributed by atoms with E-state index >= 15 is 0 Å². The zero-order chi connectivity index (χ0) is 15.0. The maximum absolute atomic E-state index is 12.1. The number of hydrogen-bond acceptors (Lipinski definition) is 5. The van der Waals surface area contributed by atoms with Crippen LogP contribution in [0, 0.1) is 0 Å². The third-order valence-corrected chi connectivity index (χ3v) is 4.66. The molecule has 3 amide bonds. The SMILES string of the molecule is CN1C(=O)c2ccc(NC(=O)C3CSCCN3)cc2C1=O. The Morgan fingerprint density at radius 3 is 2.81 bits per heavy atom. The molecule has 1 unspecified atom stereocenters. The van der Waals surface area contributed by atoms with Crippen molar-refractivity contribution in [3.05, 3.63) is 29.3 Å². The fourth-order valence-corrected chi connectivity index (χ4v) is 3.34. The molecule has 21 heavy (non-hydrogen) atoms. The lowest BCUT2D eigenvalue weighted by Crippen LogP contribution is -2.46. The van der Waals surface area contributed by atoms with Gasteiger partial charge in [0.1, 0.15) is 0 Å². The molecule has 0 radical (unpaired) electrons. The smallest absolute Gasteiger partial charge is 0.261 e. The van der Waals surface area contributed by atoms with Crippen molar-refractivity contribution in [3.63, 3.8) is 0 Å². The Morgan fingerprint density at radius 2 is 2.10 bits per heavy atom. The summed E-state index contributed by atoms with van der Waals surface area (Å²) < 4.78 is 0. The van der Waals surface area contributed by atoms with Gasteiger partial charge in [0, 0.05) is 30.8 Å². The predicted octanol–water partition coefficient (Wildman–Crippen LogP) is 0.556. The van der Waals surface area contributed by atoms with Crippen LogP contribution in [0.3, 0.4) is 0 Å². The minimum Gasteiger partial charge on any atom is -0.325 e. The average Bonchev–Trinajstić information content (AvgIpc) is 2.73. The number of fused-ring (bicyclic) bond motifs is 1. The van der Waals surface area contributed by atoms with Gasteiger partial charge in [0.2, 0.25) is 5.91 Å². The first-order valence-electron chi connectivity index (χ1n) is 6.66. The molecule has 0 saturated carbocycles. The summed E-state index contributed by atoms with van der Waals surface area (Å²) in [5.74, 6) is 0.977. The van der Waals surface area contributed by atoms with E-state index in [-0.39, 0.29) is 23.8 Å². The Bertz CT molecular complexity index is 626. The Morgan fingerprint density at radius 1 is 1.33 bits per heavy atom. The quantitative estimate of drug-likeness (QED) is 0.781. The average molecular weight is 305 g/mol. The summed E-state index contributed by atoms with van der Waals surface area (Å²) >= 11 is 1.73. The van der Waals surface area contributed by atoms with Crippen LogP contribution < -0.4 is 10.6 Å². The second kappa shape index (κ2) is 5.50. The molecule has 3 rings (SSSR count). The molecule has 0 spiro atoms. The normalized spacial score (nSPS) is 21.4. The van der Waals surface area contributed by atoms with Gasteiger partial charge < -0.3 is 10.6 Å². The molecule has 1 fully saturated rings. The summed E-state index contributed by atoms with van der Waals surface area (Å²) in [6.07, 6.45) is 0. The molecule has 1 saturated heterocycles. The van der Waals surface area contributed by atoms with Crippen molar-refractivity contribution in [3.8, 4) is 0 Å². The molecule has 0 bridgehead atoms. The van der Waals surface area contributed by atoms with Crippen molar-refractivity contribution in [1.82, 2.24) is 10.2 Å². The van der Waals surface area contributed by atoms with Crippen LogP contribution in [0.15, 0.2) is 18.2 Å². The maximum atomic E-state index is 12.1. The number of anilines is 1. The number of rotatable bonds is 2. The third kappa shape index (κ3) is 2.54. The Kier molecular flexibility index (Phi) is 3.69. The summed E-state index contributed by atoms with van der Waals surface area (Å²) in [7, 11) is 1.45. The van der Waals surface area contributed by atoms with E-state index in [4.69, 9.17) is 0 Å². The van der Waals surface area contributed by atoms with Gasteiger partial charge in [-0.05, 0) is 18.2 Å². The standard InChI is InChI=1S/C14H15N3O3S/c1-17-13(19)9-3-2-8(6-10(9)14(17)20)16-12(18)11-7-21-5-4-15-11/h2-3,6,11,15H,4-5,7H2,1H3,(H,16,18). The van der Waals surface area contributed by atoms with Crippen molar-refractivity contribution < 1.29 is 14.4 Å². The number of nitrogens with one attached hydrogen (secondary N) is 2. The molecule has 2 heterocycles. The molecular formula is C14H15N3O3S. The highest BCUT2D eigenvalue weighted by Crippen LogP contribution is 2.25. The number of carbonyl (C=O) groups is 3. The number of thioether (sulfide) groups is 1. The first kappa shape index (κ1) is 14.1. The fourth-order valence-electron chi connectivity index (χ4n) is 2.40. The van der Waals surface area contributed by atoms with Crippen LogP contribution in [-0.2, 0) is 4.79 Å². The molecule has 110 valence electrons. The summed E-state index contributed by atoms with van der Waals surface area (Å²) in [6, 6.07) is 4.57. The fraction of sp³-hybridized carbons (Fsp3) is 0.357. The Labute approximate surface area is 126 Å². The van der Waals surface area contributed by atoms with E-state index in [0.29, 0.717) is 16.8 Å². The van der Waals surface area contributed by atoms with Crippen LogP contribution in [0.25, 0.3) is 0 Å². The summed E-state index contributed by atoms with van der Waals surface area (Å²) in [6.45, 7) is 0.810. The van der Waals surface area contributed by atoms with Crippen molar-refractivity contribution >= 4 is 35.2 Å². The Hall–Kier alpha value is -1.86. The van der Waals surface area contributed by atoms with E-state index in [0.717, 1.165) is 23.0 Å². The topological polar surface area (TPSA) is 78.5 Å². The number of nitrogens with zero attached hydrogens (tertiary/aromatic N) is 1. The van der Waals surface area contributed by atoms with Crippen LogP contribution in [0.2, 0.25) is 0 Å². The van der Waals surface area contributed by atoms with Gasteiger partial charge in [-0.3, -0.25) is 19.3 Å². The van der Waals surface area contributed by atoms with E-state index in [1.165, 1.54) is 7.05 Å². The molecule has 2 aliphatic rings. The number of imide groups is 1. The minimum absolute atomic E-state index is 0.118. The van der Waals surface area contributed by atoms with E-state index < -0.39 is 0 Å². The van der Waals surface area contributed by atoms with E-state index in [1.807, 2.05) is 0 Å². The van der Waals surface area contributed by atoms with Crippen LogP contribution in [0.1, 0.15) is 20.7 Å². The summed E-state index contributed by atoms with van der Waals surface area (Å²) in [5.41, 5.74) is 1.26. The lowest BCUT2D eigenvalue weighted by atomic mass is 10.1. The van der Waals surface area contributed by atoms with Gasteiger partial charge in [0.15, 0.2) is 0 Å². The number of amides is 3. The highest BCUT2D eigenvalue weighted by molar-refractivity contribution is 7.99. The van der Waals surface area contributed by atoms with Crippen LogP contribution >= 0.6 is 11.8 Å². The van der Waals surface area contributed by atoms with E-state index in [9.17, 15) is 14.4 Å². The van der Waals surface area contributed by atoms with Crippen molar-refractivity contribution in [1.29, 1.82) is 0 Å². The van der Waals surface area contributed by atoms with Gasteiger partial charge >= 0.3 is 0 Å². The van der Waals surface area contributed by atoms with E-state index in [2.05, 4.69) is 10.6 Å². The van der Waals surface area contributed by atoms with Crippen LogP contribution in [0.5, 0.6) is 0 Å². The lowest BCUT2D eigenvalue weighted by molar-refractivity contribution is -0.117. The third-order valence-electron chi connectivity index (χ3n) is 3.60. The van der Waals surface area contributed by atoms with E-state index in [1.54, 1.807) is 30.0 Å². The van der Waals surface area contributed by atoms with Gasteiger partial charge in [-0.1, -0.05) is 0 Å². The van der Waals surface area contributed by atoms with Crippen molar-refractivity contribution in [2.45, 2.75) is 6.04 Å². The molecule has 1 atom stereocenters. The molecule has 7 heteroatoms. The zero-order valence-corrected chi connectivity index (χ0v) is 12.3. The predicted molar refractivity (Wildman–Crippen MR) is 80.6 cm³/mol. The molecule has 1 aromatic carbocycles. The summed E-state index contributed by atoms with van der Waals surface area (Å²) in [5, 5.41) is 5.95.